The molecule has 0 unspecified atom stereocenters. The Morgan fingerprint density at radius 1 is 1.21 bits per heavy atom. The van der Waals surface area contributed by atoms with Crippen LogP contribution in [-0.2, 0) is 0 Å². The largest absolute Gasteiger partial charge is 0.435 e. The summed E-state index contributed by atoms with van der Waals surface area (Å²) < 4.78 is 32.1. The van der Waals surface area contributed by atoms with Gasteiger partial charge in [-0.05, 0) is 24.6 Å². The van der Waals surface area contributed by atoms with Gasteiger partial charge in [-0.15, -0.1) is 0 Å². The van der Waals surface area contributed by atoms with Gasteiger partial charge in [-0.3, -0.25) is 0 Å². The van der Waals surface area contributed by atoms with E-state index in [1.54, 1.807) is 18.2 Å². The summed E-state index contributed by atoms with van der Waals surface area (Å²) in [5.74, 6) is -1.86. The first-order valence-corrected chi connectivity index (χ1v) is 5.87. The normalized spacial score (nSPS) is 10.4. The summed E-state index contributed by atoms with van der Waals surface area (Å²) >= 11 is 5.97. The molecule has 3 nitrogen and oxygen atoms in total. The Hall–Kier alpha value is -1.88. The number of anilines is 1. The van der Waals surface area contributed by atoms with Crippen molar-refractivity contribution < 1.29 is 13.5 Å². The lowest BCUT2D eigenvalue weighted by molar-refractivity contribution is 0.418. The third kappa shape index (κ3) is 2.93. The van der Waals surface area contributed by atoms with Gasteiger partial charge in [-0.25, -0.2) is 8.78 Å². The van der Waals surface area contributed by atoms with E-state index in [1.165, 1.54) is 7.05 Å². The molecule has 0 aliphatic heterocycles. The quantitative estimate of drug-likeness (QED) is 0.919. The maximum Gasteiger partial charge on any atom is 0.258 e. The molecule has 0 amide bonds. The molecule has 1 N–H and O–H groups in total. The van der Waals surface area contributed by atoms with Crippen LogP contribution in [0.25, 0.3) is 0 Å². The van der Waals surface area contributed by atoms with E-state index in [0.29, 0.717) is 11.1 Å². The van der Waals surface area contributed by atoms with Crippen LogP contribution in [0.3, 0.4) is 0 Å². The van der Waals surface area contributed by atoms with Crippen LogP contribution in [0.2, 0.25) is 5.02 Å². The highest BCUT2D eigenvalue weighted by molar-refractivity contribution is 6.32. The SMILES string of the molecule is CNc1nc(Oc2ccc(C)cc2Cl)c(F)cc1F. The molecule has 0 aliphatic carbocycles. The van der Waals surface area contributed by atoms with E-state index in [1.807, 2.05) is 6.92 Å². The van der Waals surface area contributed by atoms with Crippen LogP contribution in [-0.4, -0.2) is 12.0 Å². The molecule has 100 valence electrons. The third-order valence-corrected chi connectivity index (χ3v) is 2.72. The Balaban J connectivity index is 2.37. The van der Waals surface area contributed by atoms with Crippen LogP contribution in [0.4, 0.5) is 14.6 Å². The van der Waals surface area contributed by atoms with Gasteiger partial charge in [0, 0.05) is 13.1 Å². The van der Waals surface area contributed by atoms with Gasteiger partial charge in [0.2, 0.25) is 0 Å². The third-order valence-electron chi connectivity index (χ3n) is 2.43. The van der Waals surface area contributed by atoms with Crippen molar-refractivity contribution in [2.45, 2.75) is 6.92 Å². The summed E-state index contributed by atoms with van der Waals surface area (Å²) in [5, 5.41) is 2.84. The molecule has 1 aromatic heterocycles. The second kappa shape index (κ2) is 5.40. The van der Waals surface area contributed by atoms with E-state index in [0.717, 1.165) is 5.56 Å². The van der Waals surface area contributed by atoms with Crippen LogP contribution in [0.15, 0.2) is 24.3 Å². The Kier molecular flexibility index (Phi) is 3.85. The second-order valence-corrected chi connectivity index (χ2v) is 4.30. The number of hydrogen-bond acceptors (Lipinski definition) is 3. The van der Waals surface area contributed by atoms with Gasteiger partial charge in [0.15, 0.2) is 17.5 Å². The molecule has 19 heavy (non-hydrogen) atoms. The van der Waals surface area contributed by atoms with Crippen molar-refractivity contribution in [3.63, 3.8) is 0 Å². The molecule has 1 aromatic carbocycles. The molecule has 2 aromatic rings. The Bertz CT molecular complexity index is 620. The van der Waals surface area contributed by atoms with Crippen LogP contribution in [0.1, 0.15) is 5.56 Å². The van der Waals surface area contributed by atoms with E-state index < -0.39 is 11.6 Å². The molecule has 0 saturated heterocycles. The smallest absolute Gasteiger partial charge is 0.258 e. The molecule has 0 aliphatic rings. The first-order chi connectivity index (χ1) is 9.01. The topological polar surface area (TPSA) is 34.2 Å². The molecule has 0 atom stereocenters. The first-order valence-electron chi connectivity index (χ1n) is 5.49. The number of rotatable bonds is 3. The number of pyridine rings is 1. The fraction of sp³-hybridized carbons (Fsp3) is 0.154. The van der Waals surface area contributed by atoms with Crippen molar-refractivity contribution >= 4 is 17.4 Å². The lowest BCUT2D eigenvalue weighted by atomic mass is 10.2. The number of nitrogens with zero attached hydrogens (tertiary/aromatic N) is 1. The molecule has 0 fully saturated rings. The van der Waals surface area contributed by atoms with Crippen molar-refractivity contribution in [2.75, 3.05) is 12.4 Å². The molecule has 0 spiro atoms. The number of halogens is 3. The van der Waals surface area contributed by atoms with Crippen molar-refractivity contribution in [2.24, 2.45) is 0 Å². The lowest BCUT2D eigenvalue weighted by Crippen LogP contribution is -2.01. The minimum atomic E-state index is -0.895. The summed E-state index contributed by atoms with van der Waals surface area (Å²) in [5.41, 5.74) is 0.945. The molecular formula is C13H11ClF2N2O. The van der Waals surface area contributed by atoms with E-state index >= 15 is 0 Å². The molecular weight excluding hydrogens is 274 g/mol. The molecule has 0 saturated carbocycles. The zero-order valence-electron chi connectivity index (χ0n) is 10.3. The van der Waals surface area contributed by atoms with Crippen molar-refractivity contribution in [1.29, 1.82) is 0 Å². The summed E-state index contributed by atoms with van der Waals surface area (Å²) in [6.45, 7) is 1.87. The Labute approximate surface area is 114 Å². The van der Waals surface area contributed by atoms with Crippen molar-refractivity contribution in [3.05, 3.63) is 46.5 Å². The zero-order valence-corrected chi connectivity index (χ0v) is 11.1. The highest BCUT2D eigenvalue weighted by Gasteiger charge is 2.14. The van der Waals surface area contributed by atoms with E-state index in [2.05, 4.69) is 10.3 Å². The van der Waals surface area contributed by atoms with Crippen LogP contribution < -0.4 is 10.1 Å². The van der Waals surface area contributed by atoms with Crippen molar-refractivity contribution in [3.8, 4) is 11.6 Å². The van der Waals surface area contributed by atoms with Gasteiger partial charge in [0.1, 0.15) is 5.75 Å². The van der Waals surface area contributed by atoms with E-state index in [4.69, 9.17) is 16.3 Å². The van der Waals surface area contributed by atoms with Crippen molar-refractivity contribution in [1.82, 2.24) is 4.98 Å². The standard InChI is InChI=1S/C13H11ClF2N2O/c1-7-3-4-11(8(14)5-7)19-13-10(16)6-9(15)12(17-2)18-13/h3-6H,1-2H3,(H,17,18). The predicted octanol–water partition coefficient (Wildman–Crippen LogP) is 4.16. The lowest BCUT2D eigenvalue weighted by Gasteiger charge is -2.10. The number of aromatic nitrogens is 1. The van der Waals surface area contributed by atoms with Gasteiger partial charge in [-0.1, -0.05) is 17.7 Å². The highest BCUT2D eigenvalue weighted by Crippen LogP contribution is 2.31. The van der Waals surface area contributed by atoms with Gasteiger partial charge in [-0.2, -0.15) is 4.98 Å². The minimum absolute atomic E-state index is 0.0976. The molecule has 1 heterocycles. The summed E-state index contributed by atoms with van der Waals surface area (Å²) in [7, 11) is 1.48. The summed E-state index contributed by atoms with van der Waals surface area (Å²) in [6, 6.07) is 5.75. The van der Waals surface area contributed by atoms with Gasteiger partial charge >= 0.3 is 0 Å². The van der Waals surface area contributed by atoms with Crippen LogP contribution >= 0.6 is 11.6 Å². The summed E-state index contributed by atoms with van der Waals surface area (Å²) in [6.07, 6.45) is 0. The average molecular weight is 285 g/mol. The van der Waals surface area contributed by atoms with E-state index in [9.17, 15) is 8.78 Å². The average Bonchev–Trinajstić information content (AvgIpc) is 2.35. The number of ether oxygens (including phenoxy) is 1. The monoisotopic (exact) mass is 284 g/mol. The number of hydrogen-bond donors (Lipinski definition) is 1. The van der Waals surface area contributed by atoms with Gasteiger partial charge in [0.25, 0.3) is 5.88 Å². The van der Waals surface area contributed by atoms with Crippen LogP contribution in [0, 0.1) is 18.6 Å². The number of benzene rings is 1. The Morgan fingerprint density at radius 3 is 2.58 bits per heavy atom. The van der Waals surface area contributed by atoms with Gasteiger partial charge < -0.3 is 10.1 Å². The second-order valence-electron chi connectivity index (χ2n) is 3.89. The summed E-state index contributed by atoms with van der Waals surface area (Å²) in [4.78, 5) is 3.71. The molecule has 0 bridgehead atoms. The molecule has 6 heteroatoms. The maximum absolute atomic E-state index is 13.6. The fourth-order valence-corrected chi connectivity index (χ4v) is 1.76. The molecule has 2 rings (SSSR count). The highest BCUT2D eigenvalue weighted by atomic mass is 35.5. The van der Waals surface area contributed by atoms with E-state index in [-0.39, 0.29) is 17.4 Å². The first kappa shape index (κ1) is 13.5. The van der Waals surface area contributed by atoms with Gasteiger partial charge in [0.05, 0.1) is 5.02 Å². The number of aryl methyl sites for hydroxylation is 1. The Morgan fingerprint density at radius 2 is 1.95 bits per heavy atom. The number of nitrogens with one attached hydrogen (secondary N) is 1. The zero-order chi connectivity index (χ0) is 14.0. The fourth-order valence-electron chi connectivity index (χ4n) is 1.49. The maximum atomic E-state index is 13.6. The molecule has 0 radical (unpaired) electrons. The van der Waals surface area contributed by atoms with Crippen LogP contribution in [0.5, 0.6) is 11.6 Å². The predicted molar refractivity (Wildman–Crippen MR) is 70.0 cm³/mol. The minimum Gasteiger partial charge on any atom is -0.435 e.